The first kappa shape index (κ1) is 24.3. The zero-order chi connectivity index (χ0) is 27.3. The first-order chi connectivity index (χ1) is 18.8. The molecule has 39 heavy (non-hydrogen) atoms. The molecule has 0 aliphatic heterocycles. The van der Waals surface area contributed by atoms with Crippen LogP contribution in [0.1, 0.15) is 10.4 Å². The van der Waals surface area contributed by atoms with Gasteiger partial charge in [-0.25, -0.2) is 13.8 Å². The number of carbonyl (C=O) groups is 1. The number of halogens is 2. The van der Waals surface area contributed by atoms with E-state index < -0.39 is 11.6 Å². The van der Waals surface area contributed by atoms with Gasteiger partial charge in [0.1, 0.15) is 28.5 Å². The summed E-state index contributed by atoms with van der Waals surface area (Å²) >= 11 is 0. The minimum absolute atomic E-state index is 0.272. The number of nitrogens with zero attached hydrogens (tertiary/aromatic N) is 3. The van der Waals surface area contributed by atoms with E-state index in [1.807, 2.05) is 19.0 Å². The number of aromatic nitrogens is 2. The number of furan rings is 1. The lowest BCUT2D eigenvalue weighted by Gasteiger charge is -2.18. The molecule has 7 nitrogen and oxygen atoms in total. The molecule has 1 N–H and O–H groups in total. The average molecular weight is 525 g/mol. The summed E-state index contributed by atoms with van der Waals surface area (Å²) in [7, 11) is 5.19. The maximum atomic E-state index is 15.4. The summed E-state index contributed by atoms with van der Waals surface area (Å²) in [6.45, 7) is 0. The molecular formula is C30H22F2N4O3. The fourth-order valence-corrected chi connectivity index (χ4v) is 4.64. The molecule has 194 valence electrons. The van der Waals surface area contributed by atoms with Crippen LogP contribution in [0.4, 0.5) is 14.5 Å². The van der Waals surface area contributed by atoms with E-state index in [0.29, 0.717) is 61.7 Å². The number of rotatable bonds is 5. The first-order valence-electron chi connectivity index (χ1n) is 12.1. The first-order valence-corrected chi connectivity index (χ1v) is 12.1. The molecule has 0 atom stereocenters. The van der Waals surface area contributed by atoms with Gasteiger partial charge in [-0.15, -0.1) is 0 Å². The van der Waals surface area contributed by atoms with Gasteiger partial charge < -0.3 is 19.1 Å². The molecule has 9 heteroatoms. The van der Waals surface area contributed by atoms with Crippen molar-refractivity contribution in [2.24, 2.45) is 0 Å². The number of nitrogens with one attached hydrogen (secondary N) is 1. The summed E-state index contributed by atoms with van der Waals surface area (Å²) < 4.78 is 41.1. The highest BCUT2D eigenvalue weighted by atomic mass is 19.1. The van der Waals surface area contributed by atoms with Crippen LogP contribution in [0.2, 0.25) is 0 Å². The minimum Gasteiger partial charge on any atom is -0.455 e. The number of fused-ring (bicyclic) bond motifs is 2. The van der Waals surface area contributed by atoms with Gasteiger partial charge in [-0.2, -0.15) is 0 Å². The Kier molecular flexibility index (Phi) is 5.83. The molecule has 0 spiro atoms. The Hall–Kier alpha value is -5.05. The van der Waals surface area contributed by atoms with E-state index in [1.54, 1.807) is 54.9 Å². The van der Waals surface area contributed by atoms with Crippen molar-refractivity contribution < 1.29 is 22.4 Å². The highest BCUT2D eigenvalue weighted by Gasteiger charge is 2.25. The van der Waals surface area contributed by atoms with Crippen molar-refractivity contribution in [3.05, 3.63) is 90.3 Å². The van der Waals surface area contributed by atoms with E-state index >= 15 is 4.39 Å². The molecule has 3 heterocycles. The number of hydrogen-bond donors (Lipinski definition) is 1. The molecule has 6 aromatic rings. The summed E-state index contributed by atoms with van der Waals surface area (Å²) in [6.07, 6.45) is 3.21. The molecule has 0 bridgehead atoms. The fraction of sp³-hybridized carbons (Fsp3) is 0.100. The molecule has 3 aromatic heterocycles. The Bertz CT molecular complexity index is 1840. The molecule has 0 saturated heterocycles. The molecule has 0 radical (unpaired) electrons. The van der Waals surface area contributed by atoms with Crippen molar-refractivity contribution in [3.8, 4) is 33.9 Å². The Morgan fingerprint density at radius 2 is 1.67 bits per heavy atom. The smallest absolute Gasteiger partial charge is 0.255 e. The molecule has 0 aliphatic rings. The topological polar surface area (TPSA) is 84.4 Å². The van der Waals surface area contributed by atoms with Crippen LogP contribution in [0.5, 0.6) is 0 Å². The summed E-state index contributed by atoms with van der Waals surface area (Å²) in [4.78, 5) is 23.4. The Labute approximate surface area is 221 Å². The van der Waals surface area contributed by atoms with Crippen LogP contribution in [0, 0.1) is 11.6 Å². The third-order valence-electron chi connectivity index (χ3n) is 6.54. The average Bonchev–Trinajstić information content (AvgIpc) is 3.54. The Morgan fingerprint density at radius 3 is 2.38 bits per heavy atom. The minimum atomic E-state index is -0.456. The Balaban J connectivity index is 1.59. The quantitative estimate of drug-likeness (QED) is 0.271. The van der Waals surface area contributed by atoms with E-state index in [9.17, 15) is 9.18 Å². The van der Waals surface area contributed by atoms with Crippen LogP contribution < -0.4 is 10.2 Å². The van der Waals surface area contributed by atoms with E-state index in [4.69, 9.17) is 8.83 Å². The highest BCUT2D eigenvalue weighted by molar-refractivity contribution is 6.13. The summed E-state index contributed by atoms with van der Waals surface area (Å²) in [5.74, 6) is -0.618. The van der Waals surface area contributed by atoms with Crippen LogP contribution >= 0.6 is 0 Å². The zero-order valence-corrected chi connectivity index (χ0v) is 21.3. The second-order valence-corrected chi connectivity index (χ2v) is 9.21. The van der Waals surface area contributed by atoms with Crippen molar-refractivity contribution in [2.45, 2.75) is 0 Å². The summed E-state index contributed by atoms with van der Waals surface area (Å²) in [5.41, 5.74) is 4.50. The molecule has 0 aliphatic carbocycles. The fourth-order valence-electron chi connectivity index (χ4n) is 4.64. The van der Waals surface area contributed by atoms with Crippen molar-refractivity contribution in [2.75, 3.05) is 26.0 Å². The molecule has 0 fully saturated rings. The maximum absolute atomic E-state index is 15.4. The Morgan fingerprint density at radius 1 is 0.897 bits per heavy atom. The third-order valence-corrected chi connectivity index (χ3v) is 6.54. The lowest BCUT2D eigenvalue weighted by atomic mass is 9.96. The van der Waals surface area contributed by atoms with Crippen LogP contribution in [0.25, 0.3) is 56.0 Å². The van der Waals surface area contributed by atoms with Gasteiger partial charge in [-0.1, -0.05) is 0 Å². The van der Waals surface area contributed by atoms with Gasteiger partial charge in [-0.05, 0) is 48.5 Å². The van der Waals surface area contributed by atoms with E-state index in [0.717, 1.165) is 0 Å². The molecule has 1 amide bonds. The number of amides is 1. The van der Waals surface area contributed by atoms with Crippen molar-refractivity contribution in [1.82, 2.24) is 15.3 Å². The number of hydrogen-bond acceptors (Lipinski definition) is 6. The second-order valence-electron chi connectivity index (χ2n) is 9.21. The zero-order valence-electron chi connectivity index (χ0n) is 21.3. The van der Waals surface area contributed by atoms with Gasteiger partial charge in [0.25, 0.3) is 5.91 Å². The molecular weight excluding hydrogens is 502 g/mol. The SMILES string of the molecule is CNC(=O)c1c(-c2ccc(F)cc2)oc2cc(N(C)C)c(-c3cc(-c4nc5cnccc5o4)ccc3F)cc12. The van der Waals surface area contributed by atoms with Gasteiger partial charge in [0, 0.05) is 72.8 Å². The van der Waals surface area contributed by atoms with Gasteiger partial charge >= 0.3 is 0 Å². The van der Waals surface area contributed by atoms with E-state index in [2.05, 4.69) is 15.3 Å². The molecule has 3 aromatic carbocycles. The number of oxazole rings is 1. The van der Waals surface area contributed by atoms with Gasteiger partial charge in [-0.3, -0.25) is 9.78 Å². The molecule has 0 saturated carbocycles. The third kappa shape index (κ3) is 4.17. The highest BCUT2D eigenvalue weighted by Crippen LogP contribution is 2.42. The van der Waals surface area contributed by atoms with Crippen molar-refractivity contribution >= 4 is 33.7 Å². The largest absolute Gasteiger partial charge is 0.455 e. The number of carbonyl (C=O) groups excluding carboxylic acids is 1. The van der Waals surface area contributed by atoms with Crippen LogP contribution in [0.3, 0.4) is 0 Å². The number of benzene rings is 3. The van der Waals surface area contributed by atoms with Crippen molar-refractivity contribution in [1.29, 1.82) is 0 Å². The monoisotopic (exact) mass is 524 g/mol. The number of anilines is 1. The van der Waals surface area contributed by atoms with Crippen LogP contribution in [0.15, 0.2) is 81.9 Å². The summed E-state index contributed by atoms with van der Waals surface area (Å²) in [5, 5.41) is 3.14. The normalized spacial score (nSPS) is 11.3. The number of pyridine rings is 1. The van der Waals surface area contributed by atoms with Gasteiger partial charge in [0.15, 0.2) is 5.58 Å². The predicted molar refractivity (Wildman–Crippen MR) is 146 cm³/mol. The maximum Gasteiger partial charge on any atom is 0.255 e. The standard InChI is InChI=1S/C30H22F2N4O3/c1-33-29(37)27-21-13-20(24(36(2)3)14-26(21)38-28(27)16-4-7-18(31)8-5-16)19-12-17(6-9-22(19)32)30-35-23-15-34-11-10-25(23)39-30/h4-15H,1-3H3,(H,33,37). The van der Waals surface area contributed by atoms with Gasteiger partial charge in [0.2, 0.25) is 5.89 Å². The van der Waals surface area contributed by atoms with E-state index in [1.165, 1.54) is 25.2 Å². The van der Waals surface area contributed by atoms with Crippen molar-refractivity contribution in [3.63, 3.8) is 0 Å². The summed E-state index contributed by atoms with van der Waals surface area (Å²) in [6, 6.07) is 15.6. The van der Waals surface area contributed by atoms with Gasteiger partial charge in [0.05, 0.1) is 11.8 Å². The van der Waals surface area contributed by atoms with Crippen LogP contribution in [-0.4, -0.2) is 37.0 Å². The second kappa shape index (κ2) is 9.36. The van der Waals surface area contributed by atoms with Crippen LogP contribution in [-0.2, 0) is 0 Å². The van der Waals surface area contributed by atoms with E-state index in [-0.39, 0.29) is 11.5 Å². The lowest BCUT2D eigenvalue weighted by Crippen LogP contribution is -2.18. The predicted octanol–water partition coefficient (Wildman–Crippen LogP) is 6.67. The molecule has 0 unspecified atom stereocenters. The molecule has 6 rings (SSSR count). The lowest BCUT2D eigenvalue weighted by molar-refractivity contribution is 0.0964.